The fraction of sp³-hybridized carbons (Fsp3) is 0. The first kappa shape index (κ1) is 28.1. The molecule has 0 aliphatic heterocycles. The van der Waals surface area contributed by atoms with Gasteiger partial charge in [-0.1, -0.05) is 206 Å². The Morgan fingerprint density at radius 3 is 0.738 bits per heavy atom. The van der Waals surface area contributed by atoms with Crippen molar-refractivity contribution in [3.63, 3.8) is 0 Å². The molecule has 0 saturated carbocycles. The van der Waals surface area contributed by atoms with Crippen molar-refractivity contribution < 1.29 is 0 Å². The summed E-state index contributed by atoms with van der Waals surface area (Å²) in [5.74, 6) is 0. The summed E-state index contributed by atoms with van der Waals surface area (Å²) in [6, 6.07) is 59.1. The summed E-state index contributed by atoms with van der Waals surface area (Å²) in [5.41, 5.74) is 9.93. The van der Waals surface area contributed by atoms with Crippen LogP contribution in [0.15, 0.2) is 194 Å². The van der Waals surface area contributed by atoms with E-state index in [4.69, 9.17) is 0 Å². The minimum atomic E-state index is 1.22. The number of benzene rings is 6. The highest BCUT2D eigenvalue weighted by atomic mass is 14.1. The van der Waals surface area contributed by atoms with Gasteiger partial charge in [-0.2, -0.15) is 0 Å². The summed E-state index contributed by atoms with van der Waals surface area (Å²) in [7, 11) is 0. The first-order valence-corrected chi connectivity index (χ1v) is 14.3. The second-order valence-corrected chi connectivity index (χ2v) is 9.81. The monoisotopic (exact) mass is 538 g/mol. The topological polar surface area (TPSA) is 0 Å². The van der Waals surface area contributed by atoms with Gasteiger partial charge in [0.2, 0.25) is 0 Å². The highest BCUT2D eigenvalue weighted by Crippen LogP contribution is 2.27. The Kier molecular flexibility index (Phi) is 10.3. The smallest absolute Gasteiger partial charge is 0.0184 e. The summed E-state index contributed by atoms with van der Waals surface area (Å²) in [6.07, 6.45) is 12.3. The van der Waals surface area contributed by atoms with Crippen molar-refractivity contribution in [2.24, 2.45) is 0 Å². The Balaban J connectivity index is 0.000000176. The van der Waals surface area contributed by atoms with Crippen LogP contribution in [0.3, 0.4) is 0 Å². The van der Waals surface area contributed by atoms with E-state index in [0.717, 1.165) is 0 Å². The predicted octanol–water partition coefficient (Wildman–Crippen LogP) is 11.7. The molecule has 0 bridgehead atoms. The van der Waals surface area contributed by atoms with Crippen LogP contribution in [0, 0.1) is 0 Å². The van der Waals surface area contributed by atoms with E-state index >= 15 is 0 Å². The predicted molar refractivity (Wildman–Crippen MR) is 183 cm³/mol. The molecule has 0 spiro atoms. The van der Waals surface area contributed by atoms with Gasteiger partial charge in [-0.15, -0.1) is 0 Å². The molecular weight excluding hydrogens is 504 g/mol. The van der Waals surface area contributed by atoms with Crippen molar-refractivity contribution in [1.82, 2.24) is 0 Å². The van der Waals surface area contributed by atoms with Gasteiger partial charge in [0.25, 0.3) is 0 Å². The van der Waals surface area contributed by atoms with Crippen LogP contribution in [0.25, 0.3) is 45.5 Å². The van der Waals surface area contributed by atoms with E-state index in [9.17, 15) is 0 Å². The van der Waals surface area contributed by atoms with Crippen LogP contribution >= 0.6 is 0 Å². The maximum atomic E-state index is 2.19. The maximum Gasteiger partial charge on any atom is -0.0184 e. The largest absolute Gasteiger partial charge is 0.0622 e. The summed E-state index contributed by atoms with van der Waals surface area (Å²) >= 11 is 0. The van der Waals surface area contributed by atoms with Gasteiger partial charge in [0.05, 0.1) is 0 Å². The van der Waals surface area contributed by atoms with Crippen LogP contribution in [0.5, 0.6) is 0 Å². The molecule has 0 aromatic heterocycles. The van der Waals surface area contributed by atoms with E-state index in [1.807, 2.05) is 72.8 Å². The zero-order chi connectivity index (χ0) is 28.7. The Labute approximate surface area is 250 Å². The van der Waals surface area contributed by atoms with Gasteiger partial charge < -0.3 is 0 Å². The Morgan fingerprint density at radius 2 is 0.452 bits per heavy atom. The molecule has 0 fully saturated rings. The van der Waals surface area contributed by atoms with Gasteiger partial charge >= 0.3 is 0 Å². The molecule has 6 rings (SSSR count). The van der Waals surface area contributed by atoms with E-state index in [1.165, 1.54) is 44.5 Å². The lowest BCUT2D eigenvalue weighted by Gasteiger charge is -2.07. The molecule has 0 heterocycles. The third kappa shape index (κ3) is 8.52. The van der Waals surface area contributed by atoms with Crippen LogP contribution < -0.4 is 0 Å². The normalized spacial score (nSPS) is 11.0. The quantitative estimate of drug-likeness (QED) is 0.177. The molecule has 6 aromatic carbocycles. The molecule has 0 radical (unpaired) electrons. The molecule has 6 aromatic rings. The molecule has 0 nitrogen and oxygen atoms in total. The Bertz CT molecular complexity index is 1560. The molecule has 0 saturated heterocycles. The van der Waals surface area contributed by atoms with E-state index in [-0.39, 0.29) is 0 Å². The molecule has 0 atom stereocenters. The first-order valence-electron chi connectivity index (χ1n) is 14.3. The van der Waals surface area contributed by atoms with Gasteiger partial charge in [0, 0.05) is 0 Å². The molecular formula is C42H34. The van der Waals surface area contributed by atoms with E-state index < -0.39 is 0 Å². The summed E-state index contributed by atoms with van der Waals surface area (Å²) < 4.78 is 0. The van der Waals surface area contributed by atoms with Crippen molar-refractivity contribution in [3.05, 3.63) is 205 Å². The zero-order valence-corrected chi connectivity index (χ0v) is 23.6. The van der Waals surface area contributed by atoms with Crippen molar-refractivity contribution in [3.8, 4) is 33.4 Å². The molecule has 0 N–H and O–H groups in total. The SMILES string of the molecule is C(=CC=Cc1ccccc1)C=Cc1ccccc1.c1ccc(-c2ccc(-c3ccc(-c4ccccc4)cc3)cc2)cc1. The fourth-order valence-electron chi connectivity index (χ4n) is 4.56. The van der Waals surface area contributed by atoms with Crippen LogP contribution in [0.2, 0.25) is 0 Å². The molecule has 0 unspecified atom stereocenters. The molecule has 202 valence electrons. The van der Waals surface area contributed by atoms with Crippen molar-refractivity contribution in [1.29, 1.82) is 0 Å². The highest BCUT2D eigenvalue weighted by Gasteiger charge is 2.01. The lowest BCUT2D eigenvalue weighted by molar-refractivity contribution is 1.58. The van der Waals surface area contributed by atoms with Crippen LogP contribution in [0.1, 0.15) is 11.1 Å². The summed E-state index contributed by atoms with van der Waals surface area (Å²) in [6.45, 7) is 0. The fourth-order valence-corrected chi connectivity index (χ4v) is 4.56. The minimum absolute atomic E-state index is 1.22. The summed E-state index contributed by atoms with van der Waals surface area (Å²) in [5, 5.41) is 0. The van der Waals surface area contributed by atoms with Gasteiger partial charge in [-0.25, -0.2) is 0 Å². The van der Waals surface area contributed by atoms with Gasteiger partial charge in [-0.05, 0) is 44.5 Å². The number of rotatable bonds is 7. The lowest BCUT2D eigenvalue weighted by Crippen LogP contribution is -1.81. The van der Waals surface area contributed by atoms with Crippen LogP contribution in [-0.4, -0.2) is 0 Å². The van der Waals surface area contributed by atoms with Crippen LogP contribution in [0.4, 0.5) is 0 Å². The van der Waals surface area contributed by atoms with Gasteiger partial charge in [0.15, 0.2) is 0 Å². The van der Waals surface area contributed by atoms with E-state index in [0.29, 0.717) is 0 Å². The van der Waals surface area contributed by atoms with E-state index in [1.54, 1.807) is 0 Å². The minimum Gasteiger partial charge on any atom is -0.0622 e. The van der Waals surface area contributed by atoms with Gasteiger partial charge in [-0.3, -0.25) is 0 Å². The number of hydrogen-bond acceptors (Lipinski definition) is 0. The highest BCUT2D eigenvalue weighted by molar-refractivity contribution is 5.73. The first-order chi connectivity index (χ1) is 20.8. The lowest BCUT2D eigenvalue weighted by atomic mass is 9.98. The number of hydrogen-bond donors (Lipinski definition) is 0. The molecule has 0 aliphatic rings. The Morgan fingerprint density at radius 1 is 0.214 bits per heavy atom. The molecule has 0 aliphatic carbocycles. The molecule has 42 heavy (non-hydrogen) atoms. The average molecular weight is 539 g/mol. The van der Waals surface area contributed by atoms with E-state index in [2.05, 4.69) is 133 Å². The van der Waals surface area contributed by atoms with Crippen LogP contribution in [-0.2, 0) is 0 Å². The van der Waals surface area contributed by atoms with Gasteiger partial charge in [0.1, 0.15) is 0 Å². The third-order valence-corrected chi connectivity index (χ3v) is 6.83. The molecule has 0 heteroatoms. The van der Waals surface area contributed by atoms with Crippen molar-refractivity contribution >= 4 is 12.2 Å². The standard InChI is InChI=1S/C24H18.C18H16/c1-3-7-19(8-4-1)21-11-15-23(16-12-21)24-17-13-22(14-18-24)20-9-5-2-6-10-20;1(5-11-17-13-7-3-8-14-17)2-6-12-18-15-9-4-10-16-18/h1-18H;1-16H. The second-order valence-electron chi connectivity index (χ2n) is 9.81. The summed E-state index contributed by atoms with van der Waals surface area (Å²) in [4.78, 5) is 0. The van der Waals surface area contributed by atoms with Crippen molar-refractivity contribution in [2.75, 3.05) is 0 Å². The Hall–Kier alpha value is -5.46. The van der Waals surface area contributed by atoms with Crippen molar-refractivity contribution in [2.45, 2.75) is 0 Å². The average Bonchev–Trinajstić information content (AvgIpc) is 3.08. The molecule has 0 amide bonds. The number of allylic oxidation sites excluding steroid dienone is 4. The second kappa shape index (κ2) is 15.4. The third-order valence-electron chi connectivity index (χ3n) is 6.83. The maximum absolute atomic E-state index is 2.19. The zero-order valence-electron chi connectivity index (χ0n) is 23.6.